The number of amides is 1. The number of ether oxygens (including phenoxy) is 3. The standard InChI is InChI=1S/C69H131NO10/c1-3-5-7-9-11-13-14-37-41-45-49-53-57-65(74)78-58-54-50-46-42-38-35-33-31-29-27-25-23-21-19-17-15-16-18-20-22-24-26-28-30-32-34-36-40-44-48-52-56-64(73)70-61(62(72)55-51-47-43-39-12-10-8-6-4-2)60-79-69-68(77)67(76)66(75)63(59-71)80-69/h17,19,51,55,61-63,66-69,71-72,75-77H,3-16,18,20-50,52-54,56-60H2,1-2H3,(H,70,73)/b19-17-,55-51+. The van der Waals surface area contributed by atoms with Crippen LogP contribution in [0.25, 0.3) is 0 Å². The molecule has 0 aromatic carbocycles. The molecule has 1 saturated heterocycles. The van der Waals surface area contributed by atoms with Crippen molar-refractivity contribution < 1.29 is 49.3 Å². The highest BCUT2D eigenvalue weighted by atomic mass is 16.7. The van der Waals surface area contributed by atoms with Crippen molar-refractivity contribution in [2.45, 2.75) is 384 Å². The minimum absolute atomic E-state index is 0.0108. The molecule has 0 saturated carbocycles. The third kappa shape index (κ3) is 47.5. The zero-order valence-electron chi connectivity index (χ0n) is 52.3. The Kier molecular flexibility index (Phi) is 56.1. The van der Waals surface area contributed by atoms with Crippen LogP contribution >= 0.6 is 0 Å². The van der Waals surface area contributed by atoms with Crippen LogP contribution in [-0.2, 0) is 23.8 Å². The number of hydrogen-bond acceptors (Lipinski definition) is 10. The molecule has 11 heteroatoms. The lowest BCUT2D eigenvalue weighted by Gasteiger charge is -2.40. The van der Waals surface area contributed by atoms with E-state index in [9.17, 15) is 35.1 Å². The minimum Gasteiger partial charge on any atom is -0.466 e. The molecule has 0 radical (unpaired) electrons. The maximum absolute atomic E-state index is 13.0. The number of aliphatic hydroxyl groups excluding tert-OH is 5. The number of hydrogen-bond donors (Lipinski definition) is 6. The summed E-state index contributed by atoms with van der Waals surface area (Å²) in [6.07, 6.45) is 63.3. The summed E-state index contributed by atoms with van der Waals surface area (Å²) in [4.78, 5) is 25.0. The van der Waals surface area contributed by atoms with Crippen molar-refractivity contribution in [2.75, 3.05) is 19.8 Å². The molecule has 11 nitrogen and oxygen atoms in total. The summed E-state index contributed by atoms with van der Waals surface area (Å²) in [6, 6.07) is -0.806. The van der Waals surface area contributed by atoms with Crippen molar-refractivity contribution in [1.82, 2.24) is 5.32 Å². The normalized spacial score (nSPS) is 18.4. The van der Waals surface area contributed by atoms with Crippen LogP contribution in [0.1, 0.15) is 341 Å². The highest BCUT2D eigenvalue weighted by molar-refractivity contribution is 5.76. The average molecular weight is 1130 g/mol. The Hall–Kier alpha value is -1.86. The van der Waals surface area contributed by atoms with E-state index >= 15 is 0 Å². The average Bonchev–Trinajstić information content (AvgIpc) is 3.46. The van der Waals surface area contributed by atoms with Gasteiger partial charge in [0.1, 0.15) is 24.4 Å². The fourth-order valence-electron chi connectivity index (χ4n) is 11.1. The summed E-state index contributed by atoms with van der Waals surface area (Å²) in [6.45, 7) is 4.35. The van der Waals surface area contributed by atoms with E-state index in [1.165, 1.54) is 263 Å². The second-order valence-corrected chi connectivity index (χ2v) is 24.2. The third-order valence-corrected chi connectivity index (χ3v) is 16.6. The van der Waals surface area contributed by atoms with Gasteiger partial charge in [-0.3, -0.25) is 9.59 Å². The Morgan fingerprint density at radius 3 is 1.20 bits per heavy atom. The number of rotatable bonds is 61. The Labute approximate surface area is 492 Å². The Morgan fingerprint density at radius 1 is 0.450 bits per heavy atom. The molecule has 1 amide bonds. The highest BCUT2D eigenvalue weighted by Crippen LogP contribution is 2.23. The molecule has 1 aliphatic rings. The van der Waals surface area contributed by atoms with E-state index < -0.39 is 49.5 Å². The van der Waals surface area contributed by atoms with Gasteiger partial charge >= 0.3 is 5.97 Å². The van der Waals surface area contributed by atoms with E-state index in [1.54, 1.807) is 6.08 Å². The minimum atomic E-state index is -1.57. The maximum atomic E-state index is 13.0. The lowest BCUT2D eigenvalue weighted by atomic mass is 9.99. The Balaban J connectivity index is 1.92. The van der Waals surface area contributed by atoms with Gasteiger partial charge in [0.15, 0.2) is 6.29 Å². The number of allylic oxidation sites excluding steroid dienone is 3. The van der Waals surface area contributed by atoms with E-state index in [0.29, 0.717) is 19.4 Å². The quantitative estimate of drug-likeness (QED) is 0.0195. The fraction of sp³-hybridized carbons (Fsp3) is 0.913. The lowest BCUT2D eigenvalue weighted by Crippen LogP contribution is -2.60. The van der Waals surface area contributed by atoms with Crippen molar-refractivity contribution in [3.63, 3.8) is 0 Å². The molecule has 1 heterocycles. The molecule has 472 valence electrons. The number of carbonyl (C=O) groups excluding carboxylic acids is 2. The van der Waals surface area contributed by atoms with Crippen LogP contribution in [0.4, 0.5) is 0 Å². The van der Waals surface area contributed by atoms with E-state index in [0.717, 1.165) is 51.4 Å². The van der Waals surface area contributed by atoms with Crippen molar-refractivity contribution in [3.05, 3.63) is 24.3 Å². The van der Waals surface area contributed by atoms with Crippen molar-refractivity contribution in [3.8, 4) is 0 Å². The molecule has 80 heavy (non-hydrogen) atoms. The van der Waals surface area contributed by atoms with Gasteiger partial charge in [0, 0.05) is 12.8 Å². The molecular weight excluding hydrogens is 1000 g/mol. The molecule has 7 unspecified atom stereocenters. The van der Waals surface area contributed by atoms with Crippen LogP contribution in [0.5, 0.6) is 0 Å². The molecular formula is C69H131NO10. The number of nitrogens with one attached hydrogen (secondary N) is 1. The molecule has 0 spiro atoms. The van der Waals surface area contributed by atoms with Crippen molar-refractivity contribution in [2.24, 2.45) is 0 Å². The van der Waals surface area contributed by atoms with Crippen LogP contribution in [0.3, 0.4) is 0 Å². The summed E-state index contributed by atoms with van der Waals surface area (Å²) < 4.78 is 16.7. The molecule has 6 N–H and O–H groups in total. The predicted octanol–water partition coefficient (Wildman–Crippen LogP) is 17.2. The number of esters is 1. The monoisotopic (exact) mass is 1130 g/mol. The van der Waals surface area contributed by atoms with Gasteiger partial charge in [-0.2, -0.15) is 0 Å². The highest BCUT2D eigenvalue weighted by Gasteiger charge is 2.44. The SMILES string of the molecule is CCCCCCCCC/C=C/C(O)C(COC1OC(CO)C(O)C(O)C1O)NC(=O)CCCCCCCCCCCCCCCCC/C=C\CCCCCCCCCCCCCCOC(=O)CCCCCCCCCCCCCC. The van der Waals surface area contributed by atoms with Gasteiger partial charge in [-0.15, -0.1) is 0 Å². The number of unbranched alkanes of at least 4 members (excludes halogenated alkanes) is 45. The van der Waals surface area contributed by atoms with Gasteiger partial charge in [0.2, 0.25) is 5.91 Å². The van der Waals surface area contributed by atoms with Crippen LogP contribution in [0.15, 0.2) is 24.3 Å². The molecule has 0 aromatic rings. The van der Waals surface area contributed by atoms with Crippen molar-refractivity contribution >= 4 is 11.9 Å². The van der Waals surface area contributed by atoms with Gasteiger partial charge < -0.3 is 45.1 Å². The van der Waals surface area contributed by atoms with E-state index in [-0.39, 0.29) is 18.5 Å². The first-order chi connectivity index (χ1) is 39.2. The Bertz CT molecular complexity index is 1380. The van der Waals surface area contributed by atoms with Gasteiger partial charge in [-0.25, -0.2) is 0 Å². The van der Waals surface area contributed by atoms with E-state index in [4.69, 9.17) is 14.2 Å². The van der Waals surface area contributed by atoms with Crippen LogP contribution in [-0.4, -0.2) is 100 Å². The van der Waals surface area contributed by atoms with E-state index in [1.807, 2.05) is 6.08 Å². The number of carbonyl (C=O) groups is 2. The summed E-state index contributed by atoms with van der Waals surface area (Å²) in [5.41, 5.74) is 0. The van der Waals surface area contributed by atoms with Crippen LogP contribution in [0, 0.1) is 0 Å². The van der Waals surface area contributed by atoms with Crippen molar-refractivity contribution in [1.29, 1.82) is 0 Å². The Morgan fingerprint density at radius 2 is 0.800 bits per heavy atom. The smallest absolute Gasteiger partial charge is 0.305 e. The number of aliphatic hydroxyl groups is 5. The first-order valence-corrected chi connectivity index (χ1v) is 34.6. The molecule has 0 aromatic heterocycles. The maximum Gasteiger partial charge on any atom is 0.305 e. The summed E-state index contributed by atoms with van der Waals surface area (Å²) in [7, 11) is 0. The molecule has 0 bridgehead atoms. The first-order valence-electron chi connectivity index (χ1n) is 34.6. The van der Waals surface area contributed by atoms with Crippen LogP contribution in [0.2, 0.25) is 0 Å². The third-order valence-electron chi connectivity index (χ3n) is 16.6. The zero-order chi connectivity index (χ0) is 58.0. The summed E-state index contributed by atoms with van der Waals surface area (Å²) in [5.74, 6) is -0.170. The topological polar surface area (TPSA) is 175 Å². The van der Waals surface area contributed by atoms with Gasteiger partial charge in [-0.1, -0.05) is 295 Å². The predicted molar refractivity (Wildman–Crippen MR) is 334 cm³/mol. The second kappa shape index (κ2) is 58.9. The molecule has 7 atom stereocenters. The van der Waals surface area contributed by atoms with Crippen LogP contribution < -0.4 is 5.32 Å². The lowest BCUT2D eigenvalue weighted by molar-refractivity contribution is -0.302. The summed E-state index contributed by atoms with van der Waals surface area (Å²) >= 11 is 0. The second-order valence-electron chi connectivity index (χ2n) is 24.2. The fourth-order valence-corrected chi connectivity index (χ4v) is 11.1. The van der Waals surface area contributed by atoms with Gasteiger partial charge in [-0.05, 0) is 57.8 Å². The molecule has 1 aliphatic heterocycles. The van der Waals surface area contributed by atoms with Gasteiger partial charge in [0.25, 0.3) is 0 Å². The van der Waals surface area contributed by atoms with E-state index in [2.05, 4.69) is 31.3 Å². The largest absolute Gasteiger partial charge is 0.466 e. The summed E-state index contributed by atoms with van der Waals surface area (Å²) in [5, 5.41) is 54.3. The molecule has 1 fully saturated rings. The zero-order valence-corrected chi connectivity index (χ0v) is 52.3. The molecule has 0 aliphatic carbocycles. The molecule has 1 rings (SSSR count). The first kappa shape index (κ1) is 76.2. The van der Waals surface area contributed by atoms with Gasteiger partial charge in [0.05, 0.1) is 32.0 Å².